The van der Waals surface area contributed by atoms with Crippen LogP contribution in [0.25, 0.3) is 0 Å². The maximum Gasteiger partial charge on any atom is 0.312 e. The number of rotatable bonds is 6. The van der Waals surface area contributed by atoms with E-state index in [-0.39, 0.29) is 18.0 Å². The zero-order chi connectivity index (χ0) is 15.0. The lowest BCUT2D eigenvalue weighted by Crippen LogP contribution is -2.40. The van der Waals surface area contributed by atoms with Crippen molar-refractivity contribution in [1.29, 1.82) is 0 Å². The minimum atomic E-state index is -0.633. The van der Waals surface area contributed by atoms with Crippen LogP contribution in [0.2, 0.25) is 0 Å². The normalized spacial score (nSPS) is 36.4. The fourth-order valence-corrected chi connectivity index (χ4v) is 3.67. The summed E-state index contributed by atoms with van der Waals surface area (Å²) in [5, 5.41) is 0. The summed E-state index contributed by atoms with van der Waals surface area (Å²) in [7, 11) is 1.64. The number of hydrogen-bond acceptors (Lipinski definition) is 5. The predicted octanol–water partition coefficient (Wildman–Crippen LogP) is 0.368. The zero-order valence-corrected chi connectivity index (χ0v) is 12.4. The van der Waals surface area contributed by atoms with Crippen LogP contribution in [0.4, 0.5) is 0 Å². The van der Waals surface area contributed by atoms with E-state index in [1.807, 2.05) is 12.2 Å². The molecule has 3 aliphatic rings. The SMILES string of the molecule is CCOC(=O)[C@@H]1[C@@H]2C=C[C@]3(CN(CCCOC)C(=O)[C@H]13)O2. The van der Waals surface area contributed by atoms with E-state index in [0.29, 0.717) is 26.3 Å². The Morgan fingerprint density at radius 1 is 1.57 bits per heavy atom. The molecule has 6 nitrogen and oxygen atoms in total. The van der Waals surface area contributed by atoms with Gasteiger partial charge in [-0.25, -0.2) is 0 Å². The molecule has 3 rings (SSSR count). The first-order valence-corrected chi connectivity index (χ1v) is 7.44. The second-order valence-electron chi connectivity index (χ2n) is 5.76. The highest BCUT2D eigenvalue weighted by Crippen LogP contribution is 2.52. The van der Waals surface area contributed by atoms with Crippen LogP contribution in [0, 0.1) is 11.8 Å². The van der Waals surface area contributed by atoms with E-state index in [4.69, 9.17) is 14.2 Å². The Morgan fingerprint density at radius 2 is 2.38 bits per heavy atom. The number of carbonyl (C=O) groups excluding carboxylic acids is 2. The Kier molecular flexibility index (Phi) is 3.75. The molecule has 2 bridgehead atoms. The van der Waals surface area contributed by atoms with E-state index < -0.39 is 17.4 Å². The Balaban J connectivity index is 1.77. The monoisotopic (exact) mass is 295 g/mol. The molecule has 0 unspecified atom stereocenters. The summed E-state index contributed by atoms with van der Waals surface area (Å²) in [6, 6.07) is 0. The van der Waals surface area contributed by atoms with Crippen molar-refractivity contribution in [2.45, 2.75) is 25.0 Å². The highest BCUT2D eigenvalue weighted by molar-refractivity contribution is 5.91. The Bertz CT molecular complexity index is 477. The zero-order valence-electron chi connectivity index (χ0n) is 12.4. The summed E-state index contributed by atoms with van der Waals surface area (Å²) < 4.78 is 16.1. The number of hydrogen-bond donors (Lipinski definition) is 0. The van der Waals surface area contributed by atoms with Gasteiger partial charge in [-0.3, -0.25) is 9.59 Å². The van der Waals surface area contributed by atoms with Gasteiger partial charge in [0.05, 0.1) is 25.2 Å². The maximum atomic E-state index is 12.6. The lowest BCUT2D eigenvalue weighted by Gasteiger charge is -2.22. The van der Waals surface area contributed by atoms with Crippen LogP contribution in [-0.4, -0.2) is 61.9 Å². The number of ether oxygens (including phenoxy) is 3. The van der Waals surface area contributed by atoms with Crippen LogP contribution in [-0.2, 0) is 23.8 Å². The van der Waals surface area contributed by atoms with Gasteiger partial charge >= 0.3 is 5.97 Å². The number of fused-ring (bicyclic) bond motifs is 1. The second-order valence-corrected chi connectivity index (χ2v) is 5.76. The number of esters is 1. The first-order chi connectivity index (χ1) is 10.1. The minimum Gasteiger partial charge on any atom is -0.466 e. The molecule has 0 aromatic carbocycles. The summed E-state index contributed by atoms with van der Waals surface area (Å²) in [5.74, 6) is -1.27. The molecule has 6 heteroatoms. The summed E-state index contributed by atoms with van der Waals surface area (Å²) in [4.78, 5) is 26.6. The first kappa shape index (κ1) is 14.5. The average molecular weight is 295 g/mol. The summed E-state index contributed by atoms with van der Waals surface area (Å²) in [5.41, 5.74) is -0.633. The quantitative estimate of drug-likeness (QED) is 0.402. The third kappa shape index (κ3) is 2.17. The van der Waals surface area contributed by atoms with E-state index in [1.165, 1.54) is 0 Å². The lowest BCUT2D eigenvalue weighted by molar-refractivity contribution is -0.153. The molecular weight excluding hydrogens is 274 g/mol. The topological polar surface area (TPSA) is 65.1 Å². The van der Waals surface area contributed by atoms with Crippen molar-refractivity contribution in [3.8, 4) is 0 Å². The third-order valence-electron chi connectivity index (χ3n) is 4.51. The van der Waals surface area contributed by atoms with Crippen LogP contribution in [0.3, 0.4) is 0 Å². The standard InChI is InChI=1S/C15H21NO5/c1-3-20-14(18)11-10-5-6-15(21-10)9-16(7-4-8-19-2)13(17)12(11)15/h5-6,10-12H,3-4,7-9H2,1-2H3/t10-,11+,12-,15+/m0/s1. The number of nitrogens with zero attached hydrogens (tertiary/aromatic N) is 1. The molecule has 0 aliphatic carbocycles. The van der Waals surface area contributed by atoms with Gasteiger partial charge in [-0.15, -0.1) is 0 Å². The van der Waals surface area contributed by atoms with Crippen molar-refractivity contribution in [2.75, 3.05) is 33.4 Å². The Labute approximate surface area is 124 Å². The lowest BCUT2D eigenvalue weighted by atomic mass is 9.77. The number of likely N-dealkylation sites (tertiary alicyclic amines) is 1. The van der Waals surface area contributed by atoms with Gasteiger partial charge in [0.15, 0.2) is 0 Å². The summed E-state index contributed by atoms with van der Waals surface area (Å²) in [6.45, 7) is 3.84. The van der Waals surface area contributed by atoms with Crippen LogP contribution >= 0.6 is 0 Å². The molecule has 0 N–H and O–H groups in total. The minimum absolute atomic E-state index is 0.00370. The Hall–Kier alpha value is -1.40. The van der Waals surface area contributed by atoms with Crippen molar-refractivity contribution >= 4 is 11.9 Å². The van der Waals surface area contributed by atoms with Gasteiger partial charge in [-0.2, -0.15) is 0 Å². The van der Waals surface area contributed by atoms with Crippen LogP contribution < -0.4 is 0 Å². The molecule has 116 valence electrons. The highest BCUT2D eigenvalue weighted by atomic mass is 16.6. The van der Waals surface area contributed by atoms with Crippen LogP contribution in [0.5, 0.6) is 0 Å². The van der Waals surface area contributed by atoms with Gasteiger partial charge in [0, 0.05) is 20.3 Å². The van der Waals surface area contributed by atoms with Gasteiger partial charge in [0.25, 0.3) is 0 Å². The van der Waals surface area contributed by atoms with E-state index >= 15 is 0 Å². The molecule has 21 heavy (non-hydrogen) atoms. The molecule has 1 amide bonds. The van der Waals surface area contributed by atoms with E-state index in [9.17, 15) is 9.59 Å². The van der Waals surface area contributed by atoms with Gasteiger partial charge in [-0.1, -0.05) is 12.2 Å². The number of carbonyl (C=O) groups is 2. The van der Waals surface area contributed by atoms with Crippen LogP contribution in [0.15, 0.2) is 12.2 Å². The van der Waals surface area contributed by atoms with Gasteiger partial charge in [0.1, 0.15) is 11.5 Å². The van der Waals surface area contributed by atoms with Crippen molar-refractivity contribution < 1.29 is 23.8 Å². The molecule has 0 radical (unpaired) electrons. The van der Waals surface area contributed by atoms with Gasteiger partial charge in [0.2, 0.25) is 5.91 Å². The molecule has 3 heterocycles. The van der Waals surface area contributed by atoms with E-state index in [2.05, 4.69) is 0 Å². The summed E-state index contributed by atoms with van der Waals surface area (Å²) in [6.07, 6.45) is 4.30. The van der Waals surface area contributed by atoms with Crippen molar-refractivity contribution in [3.63, 3.8) is 0 Å². The Morgan fingerprint density at radius 3 is 3.10 bits per heavy atom. The van der Waals surface area contributed by atoms with Gasteiger partial charge < -0.3 is 19.1 Å². The fraction of sp³-hybridized carbons (Fsp3) is 0.733. The van der Waals surface area contributed by atoms with Crippen molar-refractivity contribution in [2.24, 2.45) is 11.8 Å². The molecule has 1 spiro atoms. The predicted molar refractivity (Wildman–Crippen MR) is 73.4 cm³/mol. The molecule has 0 aromatic rings. The number of amides is 1. The number of methoxy groups -OCH3 is 1. The van der Waals surface area contributed by atoms with E-state index in [0.717, 1.165) is 6.42 Å². The average Bonchev–Trinajstić information content (AvgIpc) is 3.08. The summed E-state index contributed by atoms with van der Waals surface area (Å²) >= 11 is 0. The highest BCUT2D eigenvalue weighted by Gasteiger charge is 2.67. The third-order valence-corrected chi connectivity index (χ3v) is 4.51. The molecular formula is C15H21NO5. The van der Waals surface area contributed by atoms with Crippen molar-refractivity contribution in [1.82, 2.24) is 4.90 Å². The molecule has 3 aliphatic heterocycles. The van der Waals surface area contributed by atoms with E-state index in [1.54, 1.807) is 18.9 Å². The molecule has 0 saturated carbocycles. The van der Waals surface area contributed by atoms with Gasteiger partial charge in [-0.05, 0) is 13.3 Å². The van der Waals surface area contributed by atoms with Crippen molar-refractivity contribution in [3.05, 3.63) is 12.2 Å². The molecule has 0 aromatic heterocycles. The smallest absolute Gasteiger partial charge is 0.312 e. The maximum absolute atomic E-state index is 12.6. The molecule has 2 fully saturated rings. The molecule has 2 saturated heterocycles. The second kappa shape index (κ2) is 5.42. The fourth-order valence-electron chi connectivity index (χ4n) is 3.67. The first-order valence-electron chi connectivity index (χ1n) is 7.44. The largest absolute Gasteiger partial charge is 0.466 e. The molecule has 4 atom stereocenters. The van der Waals surface area contributed by atoms with Crippen LogP contribution in [0.1, 0.15) is 13.3 Å².